The lowest BCUT2D eigenvalue weighted by molar-refractivity contribution is 0.0427. The topological polar surface area (TPSA) is 29.5 Å². The zero-order valence-electron chi connectivity index (χ0n) is 9.69. The number of halogens is 1. The van der Waals surface area contributed by atoms with Crippen LogP contribution < -0.4 is 0 Å². The van der Waals surface area contributed by atoms with E-state index in [2.05, 4.69) is 0 Å². The van der Waals surface area contributed by atoms with Crippen LogP contribution in [0.25, 0.3) is 10.8 Å². The Kier molecular flexibility index (Phi) is 3.71. The standard InChI is InChI=1S/C14H15FO2/c1-2-17-9-14(16)12-7-8-13(15)11-6-4-3-5-10(11)12/h3-8,14,16H,2,9H2,1H3. The van der Waals surface area contributed by atoms with Crippen LogP contribution in [-0.4, -0.2) is 18.3 Å². The van der Waals surface area contributed by atoms with E-state index in [0.29, 0.717) is 17.6 Å². The van der Waals surface area contributed by atoms with E-state index in [9.17, 15) is 9.50 Å². The largest absolute Gasteiger partial charge is 0.386 e. The van der Waals surface area contributed by atoms with Gasteiger partial charge < -0.3 is 9.84 Å². The van der Waals surface area contributed by atoms with Crippen molar-refractivity contribution in [3.63, 3.8) is 0 Å². The SMILES string of the molecule is CCOCC(O)c1ccc(F)c2ccccc12. The molecule has 1 unspecified atom stereocenters. The molecule has 2 rings (SSSR count). The van der Waals surface area contributed by atoms with Crippen molar-refractivity contribution in [1.82, 2.24) is 0 Å². The maximum absolute atomic E-state index is 13.6. The molecule has 2 aromatic rings. The highest BCUT2D eigenvalue weighted by Gasteiger charge is 2.12. The molecule has 1 N–H and O–H groups in total. The lowest BCUT2D eigenvalue weighted by atomic mass is 10.0. The Morgan fingerprint density at radius 1 is 1.18 bits per heavy atom. The van der Waals surface area contributed by atoms with Crippen molar-refractivity contribution >= 4 is 10.8 Å². The molecule has 2 nitrogen and oxygen atoms in total. The summed E-state index contributed by atoms with van der Waals surface area (Å²) in [7, 11) is 0. The van der Waals surface area contributed by atoms with Gasteiger partial charge in [-0.3, -0.25) is 0 Å². The average Bonchev–Trinajstić information content (AvgIpc) is 2.37. The van der Waals surface area contributed by atoms with Crippen molar-refractivity contribution in [3.8, 4) is 0 Å². The monoisotopic (exact) mass is 234 g/mol. The summed E-state index contributed by atoms with van der Waals surface area (Å²) in [4.78, 5) is 0. The van der Waals surface area contributed by atoms with Gasteiger partial charge in [0.25, 0.3) is 0 Å². The van der Waals surface area contributed by atoms with Crippen molar-refractivity contribution < 1.29 is 14.2 Å². The van der Waals surface area contributed by atoms with Crippen LogP contribution in [0.2, 0.25) is 0 Å². The number of hydrogen-bond donors (Lipinski definition) is 1. The lowest BCUT2D eigenvalue weighted by Gasteiger charge is -2.14. The fourth-order valence-electron chi connectivity index (χ4n) is 1.90. The van der Waals surface area contributed by atoms with E-state index >= 15 is 0 Å². The molecular weight excluding hydrogens is 219 g/mol. The molecule has 17 heavy (non-hydrogen) atoms. The lowest BCUT2D eigenvalue weighted by Crippen LogP contribution is -2.07. The van der Waals surface area contributed by atoms with E-state index in [1.807, 2.05) is 19.1 Å². The second-order valence-electron chi connectivity index (χ2n) is 3.86. The van der Waals surface area contributed by atoms with Crippen LogP contribution in [0.1, 0.15) is 18.6 Å². The Morgan fingerprint density at radius 2 is 1.88 bits per heavy atom. The van der Waals surface area contributed by atoms with Crippen LogP contribution in [0.15, 0.2) is 36.4 Å². The van der Waals surface area contributed by atoms with Crippen LogP contribution in [0.3, 0.4) is 0 Å². The first-order chi connectivity index (χ1) is 8.24. The fraction of sp³-hybridized carbons (Fsp3) is 0.286. The summed E-state index contributed by atoms with van der Waals surface area (Å²) in [5, 5.41) is 11.3. The molecule has 1 atom stereocenters. The van der Waals surface area contributed by atoms with Gasteiger partial charge in [-0.2, -0.15) is 0 Å². The van der Waals surface area contributed by atoms with Gasteiger partial charge in [0.1, 0.15) is 11.9 Å². The third kappa shape index (κ3) is 2.46. The third-order valence-electron chi connectivity index (χ3n) is 2.74. The molecule has 0 aromatic heterocycles. The van der Waals surface area contributed by atoms with Gasteiger partial charge in [0.15, 0.2) is 0 Å². The van der Waals surface area contributed by atoms with Crippen LogP contribution in [0.5, 0.6) is 0 Å². The summed E-state index contributed by atoms with van der Waals surface area (Å²) < 4.78 is 18.8. The molecule has 0 bridgehead atoms. The van der Waals surface area contributed by atoms with Crippen LogP contribution in [0.4, 0.5) is 4.39 Å². The van der Waals surface area contributed by atoms with Gasteiger partial charge in [-0.15, -0.1) is 0 Å². The van der Waals surface area contributed by atoms with Crippen molar-refractivity contribution in [3.05, 3.63) is 47.8 Å². The summed E-state index contributed by atoms with van der Waals surface area (Å²) >= 11 is 0. The summed E-state index contributed by atoms with van der Waals surface area (Å²) in [5.41, 5.74) is 0.704. The second-order valence-corrected chi connectivity index (χ2v) is 3.86. The molecule has 0 saturated carbocycles. The number of hydrogen-bond acceptors (Lipinski definition) is 2. The third-order valence-corrected chi connectivity index (χ3v) is 2.74. The van der Waals surface area contributed by atoms with Gasteiger partial charge in [0.05, 0.1) is 6.61 Å². The minimum Gasteiger partial charge on any atom is -0.386 e. The summed E-state index contributed by atoms with van der Waals surface area (Å²) in [6.45, 7) is 2.65. The zero-order valence-corrected chi connectivity index (χ0v) is 9.69. The minimum atomic E-state index is -0.722. The normalized spacial score (nSPS) is 12.9. The van der Waals surface area contributed by atoms with Gasteiger partial charge in [-0.05, 0) is 23.9 Å². The number of benzene rings is 2. The molecule has 3 heteroatoms. The fourth-order valence-corrected chi connectivity index (χ4v) is 1.90. The maximum atomic E-state index is 13.6. The van der Waals surface area contributed by atoms with Gasteiger partial charge in [0.2, 0.25) is 0 Å². The zero-order chi connectivity index (χ0) is 12.3. The average molecular weight is 234 g/mol. The number of ether oxygens (including phenoxy) is 1. The number of rotatable bonds is 4. The van der Waals surface area contributed by atoms with E-state index in [-0.39, 0.29) is 12.4 Å². The van der Waals surface area contributed by atoms with Gasteiger partial charge in [0, 0.05) is 12.0 Å². The van der Waals surface area contributed by atoms with Crippen molar-refractivity contribution in [2.45, 2.75) is 13.0 Å². The Balaban J connectivity index is 2.44. The van der Waals surface area contributed by atoms with E-state index in [1.165, 1.54) is 6.07 Å². The molecule has 0 saturated heterocycles. The van der Waals surface area contributed by atoms with E-state index in [0.717, 1.165) is 5.39 Å². The molecule has 0 aliphatic heterocycles. The Labute approximate surface area is 99.6 Å². The van der Waals surface area contributed by atoms with Crippen LogP contribution in [-0.2, 0) is 4.74 Å². The molecule has 0 aliphatic carbocycles. The molecule has 0 amide bonds. The second kappa shape index (κ2) is 5.25. The maximum Gasteiger partial charge on any atom is 0.131 e. The first-order valence-electron chi connectivity index (χ1n) is 5.67. The first kappa shape index (κ1) is 12.0. The van der Waals surface area contributed by atoms with Gasteiger partial charge in [-0.25, -0.2) is 4.39 Å². The van der Waals surface area contributed by atoms with Crippen molar-refractivity contribution in [2.75, 3.05) is 13.2 Å². The number of fused-ring (bicyclic) bond motifs is 1. The van der Waals surface area contributed by atoms with Crippen molar-refractivity contribution in [1.29, 1.82) is 0 Å². The Hall–Kier alpha value is -1.45. The number of aliphatic hydroxyl groups is 1. The predicted octanol–water partition coefficient (Wildman–Crippen LogP) is 3.05. The number of aliphatic hydroxyl groups excluding tert-OH is 1. The minimum absolute atomic E-state index is 0.228. The Bertz CT molecular complexity index is 511. The van der Waals surface area contributed by atoms with Gasteiger partial charge in [-0.1, -0.05) is 30.3 Å². The molecule has 0 heterocycles. The molecule has 90 valence electrons. The summed E-state index contributed by atoms with van der Waals surface area (Å²) in [5.74, 6) is -0.270. The smallest absolute Gasteiger partial charge is 0.131 e. The van der Waals surface area contributed by atoms with E-state index < -0.39 is 6.10 Å². The highest BCUT2D eigenvalue weighted by atomic mass is 19.1. The van der Waals surface area contributed by atoms with E-state index in [4.69, 9.17) is 4.74 Å². The highest BCUT2D eigenvalue weighted by molar-refractivity contribution is 5.86. The molecule has 2 aromatic carbocycles. The summed E-state index contributed by atoms with van der Waals surface area (Å²) in [6, 6.07) is 10.1. The molecule has 0 radical (unpaired) electrons. The molecule has 0 aliphatic rings. The highest BCUT2D eigenvalue weighted by Crippen LogP contribution is 2.26. The molecule has 0 fully saturated rings. The first-order valence-corrected chi connectivity index (χ1v) is 5.67. The Morgan fingerprint density at radius 3 is 2.59 bits per heavy atom. The molecular formula is C14H15FO2. The van der Waals surface area contributed by atoms with Crippen LogP contribution in [0, 0.1) is 5.82 Å². The van der Waals surface area contributed by atoms with Gasteiger partial charge >= 0.3 is 0 Å². The van der Waals surface area contributed by atoms with Crippen molar-refractivity contribution in [2.24, 2.45) is 0 Å². The quantitative estimate of drug-likeness (QED) is 0.881. The van der Waals surface area contributed by atoms with Crippen LogP contribution >= 0.6 is 0 Å². The summed E-state index contributed by atoms with van der Waals surface area (Å²) in [6.07, 6.45) is -0.722. The molecule has 0 spiro atoms. The van der Waals surface area contributed by atoms with E-state index in [1.54, 1.807) is 18.2 Å². The predicted molar refractivity (Wildman–Crippen MR) is 65.4 cm³/mol.